The summed E-state index contributed by atoms with van der Waals surface area (Å²) >= 11 is 3.36. The van der Waals surface area contributed by atoms with Crippen molar-refractivity contribution < 1.29 is 9.59 Å². The minimum atomic E-state index is -0.173. The maximum absolute atomic E-state index is 12.4. The molecule has 2 N–H and O–H groups in total. The molecule has 5 nitrogen and oxygen atoms in total. The van der Waals surface area contributed by atoms with Crippen molar-refractivity contribution in [1.29, 1.82) is 0 Å². The van der Waals surface area contributed by atoms with Crippen LogP contribution in [0.25, 0.3) is 0 Å². The molecule has 3 aromatic carbocycles. The lowest BCUT2D eigenvalue weighted by atomic mass is 10.1. The SMILES string of the molecule is CN(C)C(CNC(=O)Cc1ccc(NC(=O)c2ccc(Br)cc2)cc1)c1ccccc1. The van der Waals surface area contributed by atoms with Crippen molar-refractivity contribution in [2.45, 2.75) is 12.5 Å². The van der Waals surface area contributed by atoms with E-state index in [1.807, 2.05) is 68.7 Å². The highest BCUT2D eigenvalue weighted by Gasteiger charge is 2.15. The van der Waals surface area contributed by atoms with E-state index in [4.69, 9.17) is 0 Å². The van der Waals surface area contributed by atoms with Crippen molar-refractivity contribution in [2.24, 2.45) is 0 Å². The van der Waals surface area contributed by atoms with Crippen molar-refractivity contribution in [3.05, 3.63) is 100 Å². The number of halogens is 1. The molecule has 1 unspecified atom stereocenters. The van der Waals surface area contributed by atoms with Crippen molar-refractivity contribution in [3.8, 4) is 0 Å². The fourth-order valence-corrected chi connectivity index (χ4v) is 3.51. The fraction of sp³-hybridized carbons (Fsp3) is 0.200. The van der Waals surface area contributed by atoms with Gasteiger partial charge in [-0.25, -0.2) is 0 Å². The maximum Gasteiger partial charge on any atom is 0.255 e. The summed E-state index contributed by atoms with van der Waals surface area (Å²) in [4.78, 5) is 26.9. The molecule has 3 aromatic rings. The Morgan fingerprint density at radius 2 is 1.55 bits per heavy atom. The minimum Gasteiger partial charge on any atom is -0.354 e. The van der Waals surface area contributed by atoms with Gasteiger partial charge in [-0.15, -0.1) is 0 Å². The first-order valence-electron chi connectivity index (χ1n) is 10.1. The van der Waals surface area contributed by atoms with E-state index in [2.05, 4.69) is 43.6 Å². The van der Waals surface area contributed by atoms with Crippen LogP contribution in [-0.2, 0) is 11.2 Å². The van der Waals surface area contributed by atoms with Crippen LogP contribution in [0.5, 0.6) is 0 Å². The van der Waals surface area contributed by atoms with Crippen LogP contribution in [0.3, 0.4) is 0 Å². The minimum absolute atomic E-state index is 0.0329. The monoisotopic (exact) mass is 479 g/mol. The number of amides is 2. The number of hydrogen-bond donors (Lipinski definition) is 2. The molecule has 0 heterocycles. The smallest absolute Gasteiger partial charge is 0.255 e. The summed E-state index contributed by atoms with van der Waals surface area (Å²) in [6.07, 6.45) is 0.288. The summed E-state index contributed by atoms with van der Waals surface area (Å²) in [7, 11) is 4.01. The molecule has 0 fully saturated rings. The second-order valence-corrected chi connectivity index (χ2v) is 8.44. The van der Waals surface area contributed by atoms with Crippen LogP contribution in [0, 0.1) is 0 Å². The van der Waals surface area contributed by atoms with Crippen molar-refractivity contribution in [3.63, 3.8) is 0 Å². The molecule has 0 radical (unpaired) electrons. The van der Waals surface area contributed by atoms with E-state index in [0.717, 1.165) is 10.0 Å². The standard InChI is InChI=1S/C25H26BrN3O2/c1-29(2)23(19-6-4-3-5-7-19)17-27-24(30)16-18-8-14-22(15-9-18)28-25(31)20-10-12-21(26)13-11-20/h3-15,23H,16-17H2,1-2H3,(H,27,30)(H,28,31). The van der Waals surface area contributed by atoms with Crippen molar-refractivity contribution in [2.75, 3.05) is 26.0 Å². The number of hydrogen-bond acceptors (Lipinski definition) is 3. The normalized spacial score (nSPS) is 11.7. The summed E-state index contributed by atoms with van der Waals surface area (Å²) in [6.45, 7) is 0.539. The molecule has 31 heavy (non-hydrogen) atoms. The molecule has 0 aliphatic heterocycles. The van der Waals surface area contributed by atoms with E-state index in [1.165, 1.54) is 5.56 Å². The molecular weight excluding hydrogens is 454 g/mol. The summed E-state index contributed by atoms with van der Waals surface area (Å²) in [6, 6.07) is 24.8. The molecule has 0 saturated heterocycles. The predicted octanol–water partition coefficient (Wildman–Crippen LogP) is 4.66. The Bertz CT molecular complexity index is 1000. The molecule has 0 aliphatic carbocycles. The molecule has 160 valence electrons. The molecule has 0 spiro atoms. The van der Waals surface area contributed by atoms with Gasteiger partial charge in [-0.1, -0.05) is 58.4 Å². The lowest BCUT2D eigenvalue weighted by molar-refractivity contribution is -0.120. The van der Waals surface area contributed by atoms with Gasteiger partial charge < -0.3 is 15.5 Å². The van der Waals surface area contributed by atoms with E-state index in [9.17, 15) is 9.59 Å². The molecule has 0 saturated carbocycles. The summed E-state index contributed by atoms with van der Waals surface area (Å²) in [5.74, 6) is -0.205. The Labute approximate surface area is 191 Å². The molecule has 1 atom stereocenters. The Morgan fingerprint density at radius 3 is 2.16 bits per heavy atom. The zero-order valence-corrected chi connectivity index (χ0v) is 19.2. The highest BCUT2D eigenvalue weighted by atomic mass is 79.9. The van der Waals surface area contributed by atoms with Crippen LogP contribution >= 0.6 is 15.9 Å². The molecule has 0 aromatic heterocycles. The van der Waals surface area contributed by atoms with Gasteiger partial charge in [0.1, 0.15) is 0 Å². The lowest BCUT2D eigenvalue weighted by Gasteiger charge is -2.25. The van der Waals surface area contributed by atoms with Crippen LogP contribution in [0.4, 0.5) is 5.69 Å². The molecule has 6 heteroatoms. The average molecular weight is 480 g/mol. The molecule has 0 bridgehead atoms. The Morgan fingerprint density at radius 1 is 0.903 bits per heavy atom. The van der Waals surface area contributed by atoms with Gasteiger partial charge in [0, 0.05) is 22.3 Å². The highest BCUT2D eigenvalue weighted by Crippen LogP contribution is 2.17. The number of nitrogens with zero attached hydrogens (tertiary/aromatic N) is 1. The number of nitrogens with one attached hydrogen (secondary N) is 2. The number of carbonyl (C=O) groups excluding carboxylic acids is 2. The second-order valence-electron chi connectivity index (χ2n) is 7.53. The Kier molecular flexibility index (Phi) is 7.98. The Hall–Kier alpha value is -2.96. The quantitative estimate of drug-likeness (QED) is 0.493. The van der Waals surface area contributed by atoms with Gasteiger partial charge in [0.15, 0.2) is 0 Å². The zero-order chi connectivity index (χ0) is 22.2. The van der Waals surface area contributed by atoms with E-state index in [-0.39, 0.29) is 24.3 Å². The number of anilines is 1. The van der Waals surface area contributed by atoms with Gasteiger partial charge in [0.2, 0.25) is 5.91 Å². The first kappa shape index (κ1) is 22.7. The van der Waals surface area contributed by atoms with Gasteiger partial charge in [0.05, 0.1) is 12.5 Å². The first-order chi connectivity index (χ1) is 14.9. The molecule has 3 rings (SSSR count). The highest BCUT2D eigenvalue weighted by molar-refractivity contribution is 9.10. The number of likely N-dealkylation sites (N-methyl/N-ethyl adjacent to an activating group) is 1. The van der Waals surface area contributed by atoms with Crippen molar-refractivity contribution in [1.82, 2.24) is 10.2 Å². The topological polar surface area (TPSA) is 61.4 Å². The molecule has 0 aliphatic rings. The number of carbonyl (C=O) groups is 2. The summed E-state index contributed by atoms with van der Waals surface area (Å²) in [5, 5.41) is 5.90. The van der Waals surface area contributed by atoms with Gasteiger partial charge in [-0.3, -0.25) is 9.59 Å². The number of rotatable bonds is 8. The van der Waals surface area contributed by atoms with Crippen LogP contribution in [0.2, 0.25) is 0 Å². The van der Waals surface area contributed by atoms with E-state index in [0.29, 0.717) is 17.8 Å². The van der Waals surface area contributed by atoms with Gasteiger partial charge in [0.25, 0.3) is 5.91 Å². The van der Waals surface area contributed by atoms with Crippen LogP contribution in [0.15, 0.2) is 83.3 Å². The van der Waals surface area contributed by atoms with E-state index in [1.54, 1.807) is 12.1 Å². The van der Waals surface area contributed by atoms with Crippen LogP contribution < -0.4 is 10.6 Å². The first-order valence-corrected chi connectivity index (χ1v) is 10.9. The predicted molar refractivity (Wildman–Crippen MR) is 128 cm³/mol. The van der Waals surface area contributed by atoms with Gasteiger partial charge in [-0.2, -0.15) is 0 Å². The third kappa shape index (κ3) is 6.77. The summed E-state index contributed by atoms with van der Waals surface area (Å²) < 4.78 is 0.923. The molecule has 2 amide bonds. The lowest BCUT2D eigenvalue weighted by Crippen LogP contribution is -2.35. The maximum atomic E-state index is 12.4. The summed E-state index contributed by atoms with van der Waals surface area (Å²) in [5.41, 5.74) is 3.33. The number of benzene rings is 3. The van der Waals surface area contributed by atoms with Crippen molar-refractivity contribution >= 4 is 33.4 Å². The fourth-order valence-electron chi connectivity index (χ4n) is 3.24. The van der Waals surface area contributed by atoms with Gasteiger partial charge in [-0.05, 0) is 61.6 Å². The average Bonchev–Trinajstić information content (AvgIpc) is 2.76. The van der Waals surface area contributed by atoms with Crippen LogP contribution in [0.1, 0.15) is 27.5 Å². The zero-order valence-electron chi connectivity index (χ0n) is 17.6. The van der Waals surface area contributed by atoms with E-state index < -0.39 is 0 Å². The Balaban J connectivity index is 1.52. The third-order valence-corrected chi connectivity index (χ3v) is 5.51. The third-order valence-electron chi connectivity index (χ3n) is 4.98. The second kappa shape index (κ2) is 10.9. The van der Waals surface area contributed by atoms with E-state index >= 15 is 0 Å². The van der Waals surface area contributed by atoms with Gasteiger partial charge >= 0.3 is 0 Å². The largest absolute Gasteiger partial charge is 0.354 e. The molecular formula is C25H26BrN3O2. The van der Waals surface area contributed by atoms with Crippen LogP contribution in [-0.4, -0.2) is 37.4 Å².